The highest BCUT2D eigenvalue weighted by atomic mass is 79.9. The Bertz CT molecular complexity index is 498. The van der Waals surface area contributed by atoms with Crippen LogP contribution in [0.15, 0.2) is 36.4 Å². The molecule has 2 nitrogen and oxygen atoms in total. The largest absolute Gasteiger partial charge is 0.497 e. The second-order valence-electron chi connectivity index (χ2n) is 3.62. The van der Waals surface area contributed by atoms with Gasteiger partial charge in [-0.2, -0.15) is 0 Å². The van der Waals surface area contributed by atoms with Crippen LogP contribution in [-0.4, -0.2) is 14.2 Å². The van der Waals surface area contributed by atoms with Crippen molar-refractivity contribution in [1.82, 2.24) is 5.32 Å². The summed E-state index contributed by atoms with van der Waals surface area (Å²) in [7, 11) is 3.61. The maximum absolute atomic E-state index is 5.20. The van der Waals surface area contributed by atoms with E-state index in [1.807, 2.05) is 19.2 Å². The molecule has 2 rings (SSSR count). The molecule has 2 aromatic carbocycles. The summed E-state index contributed by atoms with van der Waals surface area (Å²) in [6.07, 6.45) is 0. The van der Waals surface area contributed by atoms with E-state index in [0.29, 0.717) is 0 Å². The summed E-state index contributed by atoms with van der Waals surface area (Å²) >= 11 is 3.56. The molecule has 0 bridgehead atoms. The van der Waals surface area contributed by atoms with Crippen LogP contribution < -0.4 is 10.1 Å². The van der Waals surface area contributed by atoms with Crippen LogP contribution in [0.2, 0.25) is 0 Å². The predicted molar refractivity (Wildman–Crippen MR) is 71.2 cm³/mol. The Labute approximate surface area is 104 Å². The Kier molecular flexibility index (Phi) is 3.46. The van der Waals surface area contributed by atoms with Crippen molar-refractivity contribution in [1.29, 1.82) is 0 Å². The first-order valence-electron chi connectivity index (χ1n) is 5.13. The van der Waals surface area contributed by atoms with Gasteiger partial charge in [0.25, 0.3) is 0 Å². The van der Waals surface area contributed by atoms with E-state index in [4.69, 9.17) is 4.74 Å². The van der Waals surface area contributed by atoms with Crippen LogP contribution in [0.5, 0.6) is 5.75 Å². The Hall–Kier alpha value is -1.06. The summed E-state index contributed by atoms with van der Waals surface area (Å²) in [6.45, 7) is 0. The number of ether oxygens (including phenoxy) is 1. The minimum Gasteiger partial charge on any atom is -0.497 e. The normalized spacial score (nSPS) is 12.7. The van der Waals surface area contributed by atoms with Crippen molar-refractivity contribution in [2.45, 2.75) is 4.95 Å². The molecule has 16 heavy (non-hydrogen) atoms. The maximum atomic E-state index is 5.20. The third-order valence-corrected chi connectivity index (χ3v) is 3.60. The Balaban J connectivity index is 2.47. The van der Waals surface area contributed by atoms with Crippen LogP contribution in [-0.2, 0) is 0 Å². The molecule has 0 aliphatic heterocycles. The van der Waals surface area contributed by atoms with Crippen molar-refractivity contribution < 1.29 is 4.74 Å². The molecule has 1 atom stereocenters. The lowest BCUT2D eigenvalue weighted by atomic mass is 10.1. The summed E-state index contributed by atoms with van der Waals surface area (Å²) in [5.74, 6) is 0.893. The Morgan fingerprint density at radius 2 is 1.81 bits per heavy atom. The van der Waals surface area contributed by atoms with Gasteiger partial charge in [-0.25, -0.2) is 0 Å². The molecule has 0 aromatic heterocycles. The first-order chi connectivity index (χ1) is 7.74. The van der Waals surface area contributed by atoms with E-state index >= 15 is 0 Å². The van der Waals surface area contributed by atoms with E-state index in [9.17, 15) is 0 Å². The number of fused-ring (bicyclic) bond motifs is 1. The average Bonchev–Trinajstić information content (AvgIpc) is 2.36. The van der Waals surface area contributed by atoms with Gasteiger partial charge < -0.3 is 10.1 Å². The van der Waals surface area contributed by atoms with Crippen molar-refractivity contribution in [3.05, 3.63) is 42.0 Å². The first kappa shape index (κ1) is 11.4. The number of hydrogen-bond donors (Lipinski definition) is 1. The van der Waals surface area contributed by atoms with Gasteiger partial charge in [-0.15, -0.1) is 0 Å². The molecule has 0 radical (unpaired) electrons. The molecule has 0 amide bonds. The minimum atomic E-state index is 0.194. The molecule has 3 heteroatoms. The molecule has 0 saturated carbocycles. The van der Waals surface area contributed by atoms with Gasteiger partial charge in [-0.1, -0.05) is 34.1 Å². The summed E-state index contributed by atoms with van der Waals surface area (Å²) in [4.78, 5) is 0.194. The second kappa shape index (κ2) is 4.85. The molecular formula is C13H14BrNO. The maximum Gasteiger partial charge on any atom is 0.119 e. The fourth-order valence-corrected chi connectivity index (χ4v) is 1.98. The standard InChI is InChI=1S/C13H14BrNO/c1-15-13(14)11-4-3-10-8-12(16-2)6-5-9(10)7-11/h3-8,13,15H,1-2H3. The molecule has 0 saturated heterocycles. The van der Waals surface area contributed by atoms with E-state index in [0.717, 1.165) is 5.75 Å². The molecule has 1 N–H and O–H groups in total. The van der Waals surface area contributed by atoms with Crippen molar-refractivity contribution in [2.24, 2.45) is 0 Å². The summed E-state index contributed by atoms with van der Waals surface area (Å²) in [5, 5.41) is 5.57. The highest BCUT2D eigenvalue weighted by Gasteiger charge is 2.05. The lowest BCUT2D eigenvalue weighted by molar-refractivity contribution is 0.415. The van der Waals surface area contributed by atoms with E-state index in [1.165, 1.54) is 16.3 Å². The van der Waals surface area contributed by atoms with Gasteiger partial charge in [-0.3, -0.25) is 0 Å². The van der Waals surface area contributed by atoms with Crippen LogP contribution in [0.3, 0.4) is 0 Å². The van der Waals surface area contributed by atoms with E-state index < -0.39 is 0 Å². The van der Waals surface area contributed by atoms with E-state index in [1.54, 1.807) is 7.11 Å². The van der Waals surface area contributed by atoms with Gasteiger partial charge in [0.05, 0.1) is 12.1 Å². The van der Waals surface area contributed by atoms with Crippen LogP contribution in [0.1, 0.15) is 10.5 Å². The molecule has 0 heterocycles. The number of halogens is 1. The van der Waals surface area contributed by atoms with E-state index in [2.05, 4.69) is 45.5 Å². The van der Waals surface area contributed by atoms with Gasteiger partial charge in [0.2, 0.25) is 0 Å². The number of benzene rings is 2. The summed E-state index contributed by atoms with van der Waals surface area (Å²) in [6, 6.07) is 12.5. The predicted octanol–water partition coefficient (Wildman–Crippen LogP) is 3.46. The highest BCUT2D eigenvalue weighted by Crippen LogP contribution is 2.26. The van der Waals surface area contributed by atoms with Crippen LogP contribution in [0.25, 0.3) is 10.8 Å². The highest BCUT2D eigenvalue weighted by molar-refractivity contribution is 9.09. The number of hydrogen-bond acceptors (Lipinski definition) is 2. The minimum absolute atomic E-state index is 0.194. The summed E-state index contributed by atoms with van der Waals surface area (Å²) < 4.78 is 5.20. The lowest BCUT2D eigenvalue weighted by Gasteiger charge is -2.10. The van der Waals surface area contributed by atoms with E-state index in [-0.39, 0.29) is 4.95 Å². The van der Waals surface area contributed by atoms with Gasteiger partial charge in [0.1, 0.15) is 5.75 Å². The molecule has 2 aromatic rings. The number of rotatable bonds is 3. The topological polar surface area (TPSA) is 21.3 Å². The smallest absolute Gasteiger partial charge is 0.119 e. The Morgan fingerprint density at radius 1 is 1.12 bits per heavy atom. The quantitative estimate of drug-likeness (QED) is 0.686. The van der Waals surface area contributed by atoms with Gasteiger partial charge >= 0.3 is 0 Å². The van der Waals surface area contributed by atoms with Crippen molar-refractivity contribution in [2.75, 3.05) is 14.2 Å². The molecule has 84 valence electrons. The number of methoxy groups -OCH3 is 1. The molecule has 0 aliphatic carbocycles. The third-order valence-electron chi connectivity index (χ3n) is 2.62. The first-order valence-corrected chi connectivity index (χ1v) is 6.05. The zero-order chi connectivity index (χ0) is 11.5. The van der Waals surface area contributed by atoms with Gasteiger partial charge in [0, 0.05) is 0 Å². The zero-order valence-electron chi connectivity index (χ0n) is 9.33. The SMILES string of the molecule is CNC(Br)c1ccc2cc(OC)ccc2c1. The van der Waals surface area contributed by atoms with Gasteiger partial charge in [0.15, 0.2) is 0 Å². The number of alkyl halides is 1. The summed E-state index contributed by atoms with van der Waals surface area (Å²) in [5.41, 5.74) is 1.22. The average molecular weight is 280 g/mol. The van der Waals surface area contributed by atoms with Crippen LogP contribution >= 0.6 is 15.9 Å². The molecule has 0 fully saturated rings. The second-order valence-corrected chi connectivity index (χ2v) is 4.54. The number of nitrogens with one attached hydrogen (secondary N) is 1. The van der Waals surface area contributed by atoms with Crippen LogP contribution in [0, 0.1) is 0 Å². The van der Waals surface area contributed by atoms with Crippen molar-refractivity contribution >= 4 is 26.7 Å². The lowest BCUT2D eigenvalue weighted by Crippen LogP contribution is -2.08. The van der Waals surface area contributed by atoms with Gasteiger partial charge in [-0.05, 0) is 41.6 Å². The molecule has 1 unspecified atom stereocenters. The van der Waals surface area contributed by atoms with Crippen LogP contribution in [0.4, 0.5) is 0 Å². The monoisotopic (exact) mass is 279 g/mol. The third kappa shape index (κ3) is 2.20. The molecular weight excluding hydrogens is 266 g/mol. The van der Waals surface area contributed by atoms with Crippen molar-refractivity contribution in [3.8, 4) is 5.75 Å². The fraction of sp³-hybridized carbons (Fsp3) is 0.231. The van der Waals surface area contributed by atoms with Crippen molar-refractivity contribution in [3.63, 3.8) is 0 Å². The Morgan fingerprint density at radius 3 is 2.50 bits per heavy atom. The fourth-order valence-electron chi connectivity index (χ4n) is 1.69. The zero-order valence-corrected chi connectivity index (χ0v) is 10.9. The molecule has 0 aliphatic rings. The molecule has 0 spiro atoms.